The van der Waals surface area contributed by atoms with Gasteiger partial charge in [-0.15, -0.1) is 0 Å². The van der Waals surface area contributed by atoms with Crippen LogP contribution in [0.2, 0.25) is 0 Å². The molecule has 0 aliphatic carbocycles. The third-order valence-electron chi connectivity index (χ3n) is 3.03. The van der Waals surface area contributed by atoms with Crippen molar-refractivity contribution in [1.82, 2.24) is 4.98 Å². The average molecular weight is 255 g/mol. The van der Waals surface area contributed by atoms with E-state index in [1.165, 1.54) is 12.5 Å². The molecule has 0 fully saturated rings. The van der Waals surface area contributed by atoms with E-state index in [2.05, 4.69) is 9.88 Å². The number of pyridine rings is 1. The summed E-state index contributed by atoms with van der Waals surface area (Å²) in [7, 11) is 1.98. The molecule has 0 spiro atoms. The Morgan fingerprint density at radius 3 is 2.58 bits per heavy atom. The van der Waals surface area contributed by atoms with Crippen LogP contribution in [0.4, 0.5) is 11.4 Å². The molecule has 4 nitrogen and oxygen atoms in total. The van der Waals surface area contributed by atoms with E-state index in [0.29, 0.717) is 11.3 Å². The van der Waals surface area contributed by atoms with Crippen LogP contribution < -0.4 is 10.6 Å². The lowest BCUT2D eigenvalue weighted by atomic mass is 10.1. The van der Waals surface area contributed by atoms with E-state index in [9.17, 15) is 4.79 Å². The van der Waals surface area contributed by atoms with E-state index in [1.807, 2.05) is 31.3 Å². The first-order valence-electron chi connectivity index (χ1n) is 6.08. The number of nitrogens with two attached hydrogens (primary N) is 1. The number of rotatable bonds is 4. The molecule has 2 N–H and O–H groups in total. The van der Waals surface area contributed by atoms with Crippen molar-refractivity contribution < 1.29 is 4.79 Å². The van der Waals surface area contributed by atoms with Gasteiger partial charge in [-0.3, -0.25) is 9.78 Å². The van der Waals surface area contributed by atoms with Gasteiger partial charge in [0.1, 0.15) is 0 Å². The fourth-order valence-electron chi connectivity index (χ4n) is 1.94. The van der Waals surface area contributed by atoms with Gasteiger partial charge in [0, 0.05) is 42.9 Å². The highest BCUT2D eigenvalue weighted by Gasteiger charge is 2.08. The maximum Gasteiger partial charge on any atom is 0.161 e. The Hall–Kier alpha value is -2.36. The number of anilines is 2. The molecule has 1 heterocycles. The first kappa shape index (κ1) is 13.1. The zero-order chi connectivity index (χ0) is 13.8. The van der Waals surface area contributed by atoms with Crippen LogP contribution in [-0.2, 0) is 6.54 Å². The summed E-state index contributed by atoms with van der Waals surface area (Å²) >= 11 is 0. The number of ketones is 1. The van der Waals surface area contributed by atoms with Crippen LogP contribution in [0.15, 0.2) is 42.7 Å². The number of Topliss-reactive ketones (excluding diaryl/α,β-unsaturated/α-hetero) is 1. The molecule has 0 unspecified atom stereocenters. The van der Waals surface area contributed by atoms with Gasteiger partial charge in [-0.25, -0.2) is 0 Å². The lowest BCUT2D eigenvalue weighted by Crippen LogP contribution is -2.17. The van der Waals surface area contributed by atoms with Gasteiger partial charge in [0.2, 0.25) is 0 Å². The second kappa shape index (κ2) is 5.52. The maximum atomic E-state index is 11.5. The molecule has 0 bridgehead atoms. The van der Waals surface area contributed by atoms with Gasteiger partial charge in [0.15, 0.2) is 5.78 Å². The molecule has 0 aliphatic heterocycles. The minimum absolute atomic E-state index is 0.0170. The third kappa shape index (κ3) is 3.10. The van der Waals surface area contributed by atoms with Crippen molar-refractivity contribution in [3.8, 4) is 0 Å². The minimum Gasteiger partial charge on any atom is -0.398 e. The number of nitrogen functional groups attached to an aromatic ring is 1. The quantitative estimate of drug-likeness (QED) is 0.673. The van der Waals surface area contributed by atoms with Crippen LogP contribution in [0, 0.1) is 0 Å². The molecule has 0 atom stereocenters. The van der Waals surface area contributed by atoms with Gasteiger partial charge in [-0.2, -0.15) is 0 Å². The van der Waals surface area contributed by atoms with Crippen molar-refractivity contribution >= 4 is 17.2 Å². The number of aromatic nitrogens is 1. The fraction of sp³-hybridized carbons (Fsp3) is 0.200. The second-order valence-electron chi connectivity index (χ2n) is 4.54. The van der Waals surface area contributed by atoms with Crippen LogP contribution in [0.25, 0.3) is 0 Å². The topological polar surface area (TPSA) is 59.2 Å². The molecular weight excluding hydrogens is 238 g/mol. The smallest absolute Gasteiger partial charge is 0.161 e. The van der Waals surface area contributed by atoms with Crippen molar-refractivity contribution in [1.29, 1.82) is 0 Å². The van der Waals surface area contributed by atoms with Gasteiger partial charge < -0.3 is 10.6 Å². The molecule has 1 aromatic carbocycles. The Morgan fingerprint density at radius 1 is 1.26 bits per heavy atom. The van der Waals surface area contributed by atoms with Crippen LogP contribution in [0.3, 0.4) is 0 Å². The fourth-order valence-corrected chi connectivity index (χ4v) is 1.94. The van der Waals surface area contributed by atoms with Crippen molar-refractivity contribution in [2.75, 3.05) is 17.7 Å². The average Bonchev–Trinajstić information content (AvgIpc) is 2.40. The normalized spacial score (nSPS) is 10.2. The van der Waals surface area contributed by atoms with Crippen molar-refractivity contribution in [2.45, 2.75) is 13.5 Å². The van der Waals surface area contributed by atoms with E-state index in [-0.39, 0.29) is 5.78 Å². The Bertz CT molecular complexity index is 581. The molecule has 4 heteroatoms. The van der Waals surface area contributed by atoms with Crippen molar-refractivity contribution in [3.63, 3.8) is 0 Å². The minimum atomic E-state index is -0.0170. The number of carbonyl (C=O) groups is 1. The first-order valence-corrected chi connectivity index (χ1v) is 6.08. The van der Waals surface area contributed by atoms with E-state index in [0.717, 1.165) is 12.2 Å². The molecule has 0 amide bonds. The number of benzene rings is 1. The summed E-state index contributed by atoms with van der Waals surface area (Å²) in [5, 5.41) is 0. The summed E-state index contributed by atoms with van der Waals surface area (Å²) in [5.74, 6) is -0.0170. The summed E-state index contributed by atoms with van der Waals surface area (Å²) < 4.78 is 0. The van der Waals surface area contributed by atoms with Gasteiger partial charge in [-0.1, -0.05) is 0 Å². The third-order valence-corrected chi connectivity index (χ3v) is 3.03. The number of hydrogen-bond acceptors (Lipinski definition) is 4. The Kier molecular flexibility index (Phi) is 3.80. The summed E-state index contributed by atoms with van der Waals surface area (Å²) in [6, 6.07) is 9.47. The number of hydrogen-bond donors (Lipinski definition) is 1. The molecule has 2 rings (SSSR count). The summed E-state index contributed by atoms with van der Waals surface area (Å²) in [5.41, 5.74) is 9.02. The van der Waals surface area contributed by atoms with E-state index in [4.69, 9.17) is 5.73 Å². The van der Waals surface area contributed by atoms with Crippen molar-refractivity contribution in [2.24, 2.45) is 0 Å². The molecule has 0 saturated heterocycles. The Balaban J connectivity index is 2.22. The van der Waals surface area contributed by atoms with Crippen LogP contribution >= 0.6 is 0 Å². The van der Waals surface area contributed by atoms with Crippen LogP contribution in [-0.4, -0.2) is 17.8 Å². The molecule has 1 aromatic heterocycles. The highest BCUT2D eigenvalue weighted by molar-refractivity contribution is 6.00. The van der Waals surface area contributed by atoms with E-state index < -0.39 is 0 Å². The molecule has 0 aliphatic rings. The van der Waals surface area contributed by atoms with E-state index in [1.54, 1.807) is 18.5 Å². The molecule has 2 aromatic rings. The van der Waals surface area contributed by atoms with Crippen molar-refractivity contribution in [3.05, 3.63) is 53.9 Å². The molecule has 98 valence electrons. The zero-order valence-corrected chi connectivity index (χ0v) is 11.1. The monoisotopic (exact) mass is 255 g/mol. The van der Waals surface area contributed by atoms with Gasteiger partial charge in [-0.05, 0) is 42.8 Å². The van der Waals surface area contributed by atoms with E-state index >= 15 is 0 Å². The predicted octanol–water partition coefficient (Wildman–Crippen LogP) is 2.50. The summed E-state index contributed by atoms with van der Waals surface area (Å²) in [4.78, 5) is 17.6. The van der Waals surface area contributed by atoms with Crippen LogP contribution in [0.5, 0.6) is 0 Å². The zero-order valence-electron chi connectivity index (χ0n) is 11.1. The Morgan fingerprint density at radius 2 is 1.95 bits per heavy atom. The largest absolute Gasteiger partial charge is 0.398 e. The highest BCUT2D eigenvalue weighted by Crippen LogP contribution is 2.22. The van der Waals surface area contributed by atoms with Gasteiger partial charge >= 0.3 is 0 Å². The predicted molar refractivity (Wildman–Crippen MR) is 77.2 cm³/mol. The summed E-state index contributed by atoms with van der Waals surface area (Å²) in [6.07, 6.45) is 3.54. The number of carbonyl (C=O) groups excluding carboxylic acids is 1. The maximum absolute atomic E-state index is 11.5. The first-order chi connectivity index (χ1) is 9.08. The molecule has 0 radical (unpaired) electrons. The lowest BCUT2D eigenvalue weighted by Gasteiger charge is -2.20. The Labute approximate surface area is 112 Å². The summed E-state index contributed by atoms with van der Waals surface area (Å²) in [6.45, 7) is 2.28. The molecule has 19 heavy (non-hydrogen) atoms. The van der Waals surface area contributed by atoms with Gasteiger partial charge in [0.05, 0.1) is 0 Å². The second-order valence-corrected chi connectivity index (χ2v) is 4.54. The molecule has 0 saturated carbocycles. The highest BCUT2D eigenvalue weighted by atomic mass is 16.1. The van der Waals surface area contributed by atoms with Gasteiger partial charge in [0.25, 0.3) is 0 Å². The number of nitrogens with zero attached hydrogens (tertiary/aromatic N) is 2. The molecular formula is C15H17N3O. The van der Waals surface area contributed by atoms with Crippen LogP contribution in [0.1, 0.15) is 22.8 Å². The standard InChI is InChI=1S/C15H17N3O/c1-11(19)14-9-13(3-4-15(14)16)18(2)10-12-5-7-17-8-6-12/h3-9H,10,16H2,1-2H3. The lowest BCUT2D eigenvalue weighted by molar-refractivity contribution is 0.101. The SMILES string of the molecule is CC(=O)c1cc(N(C)Cc2ccncc2)ccc1N.